The number of pyridine rings is 1. The fourth-order valence-electron chi connectivity index (χ4n) is 8.23. The van der Waals surface area contributed by atoms with Gasteiger partial charge in [-0.15, -0.1) is 0 Å². The fourth-order valence-corrected chi connectivity index (χ4v) is 8.23. The Morgan fingerprint density at radius 3 is 2.15 bits per heavy atom. The van der Waals surface area contributed by atoms with Crippen LogP contribution in [0.15, 0.2) is 97.8 Å². The molecule has 0 atom stereocenters. The lowest BCUT2D eigenvalue weighted by Gasteiger charge is -2.40. The Bertz CT molecular complexity index is 2080. The zero-order valence-corrected chi connectivity index (χ0v) is 33.1. The van der Waals surface area contributed by atoms with Gasteiger partial charge in [0, 0.05) is 61.4 Å². The van der Waals surface area contributed by atoms with Gasteiger partial charge in [0.2, 0.25) is 0 Å². The van der Waals surface area contributed by atoms with Crippen molar-refractivity contribution in [3.8, 4) is 45.3 Å². The Kier molecular flexibility index (Phi) is 12.1. The molecule has 0 radical (unpaired) electrons. The van der Waals surface area contributed by atoms with Gasteiger partial charge in [0.1, 0.15) is 11.5 Å². The molecule has 5 aromatic rings. The van der Waals surface area contributed by atoms with Crippen LogP contribution in [0.2, 0.25) is 0 Å². The SMILES string of the molecule is C=Cc1c(OC)cc(-c2cncc(CN3CCC(N(Cc4cccc(-c5cc(CCC)c(OC)c(OC)c5)c4)c4ccc(OC)cc4)CC3)c2)cc1C1CC1. The minimum atomic E-state index is 0.395. The second kappa shape index (κ2) is 17.5. The maximum Gasteiger partial charge on any atom is 0.163 e. The first-order chi connectivity index (χ1) is 26.9. The van der Waals surface area contributed by atoms with Gasteiger partial charge in [0.15, 0.2) is 11.5 Å². The minimum absolute atomic E-state index is 0.395. The van der Waals surface area contributed by atoms with Gasteiger partial charge in [-0.1, -0.05) is 44.2 Å². The summed E-state index contributed by atoms with van der Waals surface area (Å²) >= 11 is 0. The second-order valence-corrected chi connectivity index (χ2v) is 14.9. The number of benzene rings is 4. The Hall–Kier alpha value is -5.27. The molecular formula is C48H55N3O4. The summed E-state index contributed by atoms with van der Waals surface area (Å²) in [7, 11) is 6.90. The number of aryl methyl sites for hydroxylation is 1. The predicted octanol–water partition coefficient (Wildman–Crippen LogP) is 10.6. The van der Waals surface area contributed by atoms with E-state index >= 15 is 0 Å². The highest BCUT2D eigenvalue weighted by atomic mass is 16.5. The van der Waals surface area contributed by atoms with E-state index in [9.17, 15) is 0 Å². The number of likely N-dealkylation sites (tertiary alicyclic amines) is 1. The first-order valence-corrected chi connectivity index (χ1v) is 19.7. The molecule has 0 unspecified atom stereocenters. The van der Waals surface area contributed by atoms with Crippen LogP contribution in [0.25, 0.3) is 28.3 Å². The van der Waals surface area contributed by atoms with E-state index in [2.05, 4.69) is 102 Å². The number of piperidine rings is 1. The summed E-state index contributed by atoms with van der Waals surface area (Å²) in [6.45, 7) is 9.98. The number of aromatic nitrogens is 1. The molecule has 4 aromatic carbocycles. The first-order valence-electron chi connectivity index (χ1n) is 19.7. The molecule has 7 nitrogen and oxygen atoms in total. The van der Waals surface area contributed by atoms with Crippen molar-refractivity contribution < 1.29 is 18.9 Å². The lowest BCUT2D eigenvalue weighted by molar-refractivity contribution is 0.200. The van der Waals surface area contributed by atoms with Gasteiger partial charge in [0.25, 0.3) is 0 Å². The van der Waals surface area contributed by atoms with Crippen LogP contribution in [0.3, 0.4) is 0 Å². The lowest BCUT2D eigenvalue weighted by atomic mass is 9.95. The predicted molar refractivity (Wildman–Crippen MR) is 225 cm³/mol. The molecule has 55 heavy (non-hydrogen) atoms. The third-order valence-electron chi connectivity index (χ3n) is 11.2. The summed E-state index contributed by atoms with van der Waals surface area (Å²) in [5, 5.41) is 0. The van der Waals surface area contributed by atoms with Crippen molar-refractivity contribution in [2.45, 2.75) is 70.5 Å². The van der Waals surface area contributed by atoms with Gasteiger partial charge in [0.05, 0.1) is 28.4 Å². The Balaban J connectivity index is 1.08. The Morgan fingerprint density at radius 1 is 0.745 bits per heavy atom. The van der Waals surface area contributed by atoms with Crippen molar-refractivity contribution in [3.05, 3.63) is 126 Å². The highest BCUT2D eigenvalue weighted by Crippen LogP contribution is 2.46. The third-order valence-corrected chi connectivity index (χ3v) is 11.2. The van der Waals surface area contributed by atoms with Gasteiger partial charge >= 0.3 is 0 Å². The van der Waals surface area contributed by atoms with Crippen LogP contribution in [0.1, 0.15) is 72.8 Å². The molecule has 7 heteroatoms. The summed E-state index contributed by atoms with van der Waals surface area (Å²) in [6.07, 6.45) is 12.5. The van der Waals surface area contributed by atoms with E-state index in [1.54, 1.807) is 28.4 Å². The largest absolute Gasteiger partial charge is 0.497 e. The van der Waals surface area contributed by atoms with Crippen molar-refractivity contribution in [1.82, 2.24) is 9.88 Å². The molecule has 1 aliphatic carbocycles. The van der Waals surface area contributed by atoms with Crippen LogP contribution in [-0.2, 0) is 19.5 Å². The van der Waals surface area contributed by atoms with Crippen LogP contribution < -0.4 is 23.8 Å². The van der Waals surface area contributed by atoms with Gasteiger partial charge in [-0.3, -0.25) is 9.88 Å². The monoisotopic (exact) mass is 737 g/mol. The van der Waals surface area contributed by atoms with Crippen molar-refractivity contribution in [1.29, 1.82) is 0 Å². The molecule has 0 N–H and O–H groups in total. The number of rotatable bonds is 16. The minimum Gasteiger partial charge on any atom is -0.497 e. The highest BCUT2D eigenvalue weighted by molar-refractivity contribution is 5.73. The summed E-state index contributed by atoms with van der Waals surface area (Å²) in [5.74, 6) is 3.95. The second-order valence-electron chi connectivity index (χ2n) is 14.9. The van der Waals surface area contributed by atoms with E-state index in [1.165, 1.54) is 46.3 Å². The van der Waals surface area contributed by atoms with Gasteiger partial charge in [-0.25, -0.2) is 0 Å². The molecule has 7 rings (SSSR count). The van der Waals surface area contributed by atoms with Gasteiger partial charge in [-0.2, -0.15) is 0 Å². The number of hydrogen-bond acceptors (Lipinski definition) is 7. The molecule has 2 heterocycles. The van der Waals surface area contributed by atoms with E-state index in [-0.39, 0.29) is 0 Å². The van der Waals surface area contributed by atoms with Crippen LogP contribution in [-0.4, -0.2) is 57.5 Å². The van der Waals surface area contributed by atoms with Crippen LogP contribution in [0.4, 0.5) is 5.69 Å². The quantitative estimate of drug-likeness (QED) is 0.0999. The molecule has 1 aromatic heterocycles. The normalized spacial score (nSPS) is 14.7. The van der Waals surface area contributed by atoms with E-state index in [4.69, 9.17) is 23.9 Å². The summed E-state index contributed by atoms with van der Waals surface area (Å²) < 4.78 is 22.9. The van der Waals surface area contributed by atoms with Crippen LogP contribution in [0, 0.1) is 0 Å². The zero-order valence-electron chi connectivity index (χ0n) is 33.1. The van der Waals surface area contributed by atoms with Crippen molar-refractivity contribution in [3.63, 3.8) is 0 Å². The van der Waals surface area contributed by atoms with Gasteiger partial charge < -0.3 is 23.8 Å². The third kappa shape index (κ3) is 8.68. The number of ether oxygens (including phenoxy) is 4. The molecular weight excluding hydrogens is 683 g/mol. The average Bonchev–Trinajstić information content (AvgIpc) is 4.09. The molecule has 0 spiro atoms. The van der Waals surface area contributed by atoms with Crippen molar-refractivity contribution in [2.24, 2.45) is 0 Å². The number of hydrogen-bond donors (Lipinski definition) is 0. The van der Waals surface area contributed by atoms with Gasteiger partial charge in [-0.05, 0) is 138 Å². The summed E-state index contributed by atoms with van der Waals surface area (Å²) in [6, 6.07) is 29.0. The average molecular weight is 738 g/mol. The zero-order chi connectivity index (χ0) is 38.3. The number of methoxy groups -OCH3 is 4. The molecule has 2 fully saturated rings. The Morgan fingerprint density at radius 2 is 1.47 bits per heavy atom. The molecule has 0 bridgehead atoms. The summed E-state index contributed by atoms with van der Waals surface area (Å²) in [4.78, 5) is 9.87. The van der Waals surface area contributed by atoms with Crippen LogP contribution in [0.5, 0.6) is 23.0 Å². The first kappa shape index (κ1) is 38.0. The lowest BCUT2D eigenvalue weighted by Crippen LogP contribution is -2.44. The maximum absolute atomic E-state index is 5.81. The molecule has 1 aliphatic heterocycles. The maximum atomic E-state index is 5.81. The highest BCUT2D eigenvalue weighted by Gasteiger charge is 2.28. The number of nitrogens with zero attached hydrogens (tertiary/aromatic N) is 3. The fraction of sp³-hybridized carbons (Fsp3) is 0.354. The molecule has 2 aliphatic rings. The standard InChI is InChI=1S/C48H55N3O4/c1-7-10-37-25-38(28-47(54-5)48(37)55-6)36-12-9-11-33(23-36)32-51(41-15-17-43(52-3)18-16-41)42-19-21-50(22-20-42)31-34-24-40(30-49-29-34)39-26-45(35-13-14-35)44(8-2)46(27-39)53-4/h8-9,11-12,15-18,23-30,35,42H,2,7,10,13-14,19-22,31-32H2,1,3-6H3. The molecule has 1 saturated carbocycles. The number of anilines is 1. The smallest absolute Gasteiger partial charge is 0.163 e. The molecule has 286 valence electrons. The topological polar surface area (TPSA) is 56.3 Å². The molecule has 1 saturated heterocycles. The van der Waals surface area contributed by atoms with Crippen molar-refractivity contribution in [2.75, 3.05) is 46.4 Å². The molecule has 0 amide bonds. The van der Waals surface area contributed by atoms with Crippen molar-refractivity contribution >= 4 is 11.8 Å². The summed E-state index contributed by atoms with van der Waals surface area (Å²) in [5.41, 5.74) is 11.9. The van der Waals surface area contributed by atoms with E-state index < -0.39 is 0 Å². The van der Waals surface area contributed by atoms with Crippen LogP contribution >= 0.6 is 0 Å². The van der Waals surface area contributed by atoms with E-state index in [0.717, 1.165) is 97.1 Å². The Labute approximate surface area is 327 Å². The van der Waals surface area contributed by atoms with E-state index in [1.807, 2.05) is 18.5 Å². The van der Waals surface area contributed by atoms with E-state index in [0.29, 0.717) is 12.0 Å².